The van der Waals surface area contributed by atoms with Crippen LogP contribution in [0.5, 0.6) is 11.5 Å². The van der Waals surface area contributed by atoms with Crippen LogP contribution in [0.3, 0.4) is 0 Å². The second-order valence-electron chi connectivity index (χ2n) is 6.85. The average Bonchev–Trinajstić information content (AvgIpc) is 3.03. The number of anilines is 1. The van der Waals surface area contributed by atoms with E-state index in [1.165, 1.54) is 26.4 Å². The highest BCUT2D eigenvalue weighted by Crippen LogP contribution is 2.37. The first-order valence-electron chi connectivity index (χ1n) is 9.63. The summed E-state index contributed by atoms with van der Waals surface area (Å²) in [4.78, 5) is 38.5. The van der Waals surface area contributed by atoms with E-state index in [9.17, 15) is 18.8 Å². The summed E-state index contributed by atoms with van der Waals surface area (Å²) >= 11 is 6.43. The first-order valence-corrected chi connectivity index (χ1v) is 10.8. The molecule has 1 aliphatic heterocycles. The van der Waals surface area contributed by atoms with Gasteiger partial charge < -0.3 is 14.8 Å². The number of amides is 3. The molecule has 7 nitrogen and oxygen atoms in total. The molecule has 10 heteroatoms. The maximum absolute atomic E-state index is 13.3. The Bertz CT molecular complexity index is 1170. The van der Waals surface area contributed by atoms with E-state index in [0.717, 1.165) is 28.3 Å². The molecule has 3 amide bonds. The van der Waals surface area contributed by atoms with Crippen molar-refractivity contribution in [2.75, 3.05) is 26.1 Å². The Labute approximate surface area is 199 Å². The second kappa shape index (κ2) is 10.5. The Morgan fingerprint density at radius 1 is 1.24 bits per heavy atom. The Morgan fingerprint density at radius 2 is 2.00 bits per heavy atom. The van der Waals surface area contributed by atoms with Gasteiger partial charge in [-0.1, -0.05) is 17.7 Å². The van der Waals surface area contributed by atoms with Gasteiger partial charge in [0.2, 0.25) is 5.91 Å². The molecule has 3 rings (SSSR count). The number of ether oxygens (including phenoxy) is 2. The van der Waals surface area contributed by atoms with E-state index in [2.05, 4.69) is 11.9 Å². The molecular weight excluding hydrogens is 471 g/mol. The van der Waals surface area contributed by atoms with Crippen molar-refractivity contribution in [3.63, 3.8) is 0 Å². The fraction of sp³-hybridized carbons (Fsp3) is 0.174. The minimum atomic E-state index is -0.628. The maximum atomic E-state index is 13.3. The number of nitrogens with zero attached hydrogens (tertiary/aromatic N) is 1. The molecule has 0 unspecified atom stereocenters. The molecule has 1 saturated heterocycles. The SMILES string of the molecule is C=CCc1cc(/C=C2\SC(=O)N(CC(=O)Nc3ccc(F)c(Cl)c3)C2=O)cc(OC)c1OC. The summed E-state index contributed by atoms with van der Waals surface area (Å²) in [5.41, 5.74) is 1.67. The number of allylic oxidation sites excluding steroid dienone is 1. The molecule has 0 spiro atoms. The summed E-state index contributed by atoms with van der Waals surface area (Å²) < 4.78 is 24.1. The Balaban J connectivity index is 1.79. The van der Waals surface area contributed by atoms with Gasteiger partial charge in [0.1, 0.15) is 12.4 Å². The van der Waals surface area contributed by atoms with Crippen molar-refractivity contribution in [3.8, 4) is 11.5 Å². The van der Waals surface area contributed by atoms with Gasteiger partial charge in [0.15, 0.2) is 11.5 Å². The smallest absolute Gasteiger partial charge is 0.294 e. The molecular formula is C23H20ClFN2O5S. The summed E-state index contributed by atoms with van der Waals surface area (Å²) in [6.45, 7) is 3.24. The third kappa shape index (κ3) is 5.55. The van der Waals surface area contributed by atoms with Crippen molar-refractivity contribution in [1.29, 1.82) is 0 Å². The fourth-order valence-electron chi connectivity index (χ4n) is 3.16. The lowest BCUT2D eigenvalue weighted by molar-refractivity contribution is -0.127. The normalized spacial score (nSPS) is 14.5. The van der Waals surface area contributed by atoms with Gasteiger partial charge in [-0.15, -0.1) is 6.58 Å². The number of carbonyl (C=O) groups is 3. The van der Waals surface area contributed by atoms with Crippen molar-refractivity contribution < 1.29 is 28.2 Å². The van der Waals surface area contributed by atoms with Crippen molar-refractivity contribution >= 4 is 52.2 Å². The van der Waals surface area contributed by atoms with Gasteiger partial charge in [0, 0.05) is 11.3 Å². The van der Waals surface area contributed by atoms with Crippen LogP contribution in [0.4, 0.5) is 14.9 Å². The number of halogens is 2. The molecule has 0 atom stereocenters. The minimum Gasteiger partial charge on any atom is -0.493 e. The van der Waals surface area contributed by atoms with Crippen LogP contribution in [0, 0.1) is 5.82 Å². The van der Waals surface area contributed by atoms with Crippen LogP contribution in [0.2, 0.25) is 5.02 Å². The van der Waals surface area contributed by atoms with Gasteiger partial charge in [-0.3, -0.25) is 19.3 Å². The van der Waals surface area contributed by atoms with Crippen LogP contribution in [0.25, 0.3) is 6.08 Å². The highest BCUT2D eigenvalue weighted by atomic mass is 35.5. The average molecular weight is 491 g/mol. The number of thioether (sulfide) groups is 1. The quantitative estimate of drug-likeness (QED) is 0.418. The zero-order valence-electron chi connectivity index (χ0n) is 17.8. The number of carbonyl (C=O) groups excluding carboxylic acids is 3. The van der Waals surface area contributed by atoms with Crippen molar-refractivity contribution in [1.82, 2.24) is 4.90 Å². The summed E-state index contributed by atoms with van der Waals surface area (Å²) in [5.74, 6) is -0.824. The van der Waals surface area contributed by atoms with Crippen LogP contribution >= 0.6 is 23.4 Å². The molecule has 0 bridgehead atoms. The second-order valence-corrected chi connectivity index (χ2v) is 8.25. The van der Waals surface area contributed by atoms with Gasteiger partial charge in [-0.2, -0.15) is 0 Å². The molecule has 172 valence electrons. The topological polar surface area (TPSA) is 84.9 Å². The lowest BCUT2D eigenvalue weighted by atomic mass is 10.0. The zero-order valence-corrected chi connectivity index (χ0v) is 19.4. The van der Waals surface area contributed by atoms with Gasteiger partial charge in [0.25, 0.3) is 11.1 Å². The Hall–Kier alpha value is -3.30. The van der Waals surface area contributed by atoms with Crippen LogP contribution in [0.15, 0.2) is 47.9 Å². The summed E-state index contributed by atoms with van der Waals surface area (Å²) in [6.07, 6.45) is 3.77. The minimum absolute atomic E-state index is 0.160. The summed E-state index contributed by atoms with van der Waals surface area (Å²) in [7, 11) is 3.03. The van der Waals surface area contributed by atoms with Crippen LogP contribution in [-0.2, 0) is 16.0 Å². The number of hydrogen-bond donors (Lipinski definition) is 1. The van der Waals surface area contributed by atoms with Gasteiger partial charge in [-0.25, -0.2) is 4.39 Å². The monoisotopic (exact) mass is 490 g/mol. The molecule has 0 saturated carbocycles. The summed E-state index contributed by atoms with van der Waals surface area (Å²) in [5, 5.41) is 1.75. The van der Waals surface area contributed by atoms with Crippen molar-refractivity contribution in [2.24, 2.45) is 0 Å². The standard InChI is InChI=1S/C23H20ClFN2O5S/c1-4-5-14-8-13(9-18(31-2)21(14)32-3)10-19-22(29)27(23(30)33-19)12-20(28)26-15-6-7-17(25)16(24)11-15/h4,6-11H,1,5,12H2,2-3H3,(H,26,28)/b19-10-. The Morgan fingerprint density at radius 3 is 2.64 bits per heavy atom. The number of nitrogens with one attached hydrogen (secondary N) is 1. The van der Waals surface area contributed by atoms with E-state index in [0.29, 0.717) is 23.5 Å². The molecule has 2 aromatic carbocycles. The molecule has 1 aliphatic rings. The van der Waals surface area contributed by atoms with Gasteiger partial charge in [0.05, 0.1) is 24.1 Å². The lowest BCUT2D eigenvalue weighted by Crippen LogP contribution is -2.36. The molecule has 0 aliphatic carbocycles. The van der Waals surface area contributed by atoms with Crippen LogP contribution in [0.1, 0.15) is 11.1 Å². The Kier molecular flexibility index (Phi) is 7.78. The maximum Gasteiger partial charge on any atom is 0.294 e. The van der Waals surface area contributed by atoms with Crippen molar-refractivity contribution in [2.45, 2.75) is 6.42 Å². The molecule has 33 heavy (non-hydrogen) atoms. The third-order valence-electron chi connectivity index (χ3n) is 4.62. The van der Waals surface area contributed by atoms with Crippen LogP contribution < -0.4 is 14.8 Å². The van der Waals surface area contributed by atoms with E-state index in [1.54, 1.807) is 18.2 Å². The van der Waals surface area contributed by atoms with Crippen molar-refractivity contribution in [3.05, 3.63) is 69.9 Å². The first-order chi connectivity index (χ1) is 15.8. The van der Waals surface area contributed by atoms with E-state index in [-0.39, 0.29) is 15.6 Å². The number of imide groups is 1. The molecule has 2 aromatic rings. The predicted octanol–water partition coefficient (Wildman–Crippen LogP) is 4.90. The van der Waals surface area contributed by atoms with E-state index in [4.69, 9.17) is 21.1 Å². The highest BCUT2D eigenvalue weighted by molar-refractivity contribution is 8.18. The summed E-state index contributed by atoms with van der Waals surface area (Å²) in [6, 6.07) is 7.15. The molecule has 1 heterocycles. The number of rotatable bonds is 8. The number of hydrogen-bond acceptors (Lipinski definition) is 6. The van der Waals surface area contributed by atoms with E-state index in [1.807, 2.05) is 6.07 Å². The van der Waals surface area contributed by atoms with Gasteiger partial charge >= 0.3 is 0 Å². The fourth-order valence-corrected chi connectivity index (χ4v) is 4.18. The molecule has 0 radical (unpaired) electrons. The third-order valence-corrected chi connectivity index (χ3v) is 5.82. The first kappa shape index (κ1) is 24.3. The molecule has 0 aromatic heterocycles. The largest absolute Gasteiger partial charge is 0.493 e. The van der Waals surface area contributed by atoms with E-state index < -0.39 is 29.4 Å². The highest BCUT2D eigenvalue weighted by Gasteiger charge is 2.36. The lowest BCUT2D eigenvalue weighted by Gasteiger charge is -2.13. The molecule has 1 N–H and O–H groups in total. The predicted molar refractivity (Wildman–Crippen MR) is 126 cm³/mol. The molecule has 1 fully saturated rings. The number of benzene rings is 2. The van der Waals surface area contributed by atoms with E-state index >= 15 is 0 Å². The van der Waals surface area contributed by atoms with Gasteiger partial charge in [-0.05, 0) is 60.2 Å². The van der Waals surface area contributed by atoms with Crippen LogP contribution in [-0.4, -0.2) is 42.7 Å². The zero-order chi connectivity index (χ0) is 24.1. The number of methoxy groups -OCH3 is 2.